The summed E-state index contributed by atoms with van der Waals surface area (Å²) in [5, 5.41) is 12.5. The number of carbonyl (C=O) groups is 2. The van der Waals surface area contributed by atoms with Crippen LogP contribution in [0.25, 0.3) is 0 Å². The maximum absolute atomic E-state index is 11.6. The minimum absolute atomic E-state index is 0.0937. The van der Waals surface area contributed by atoms with E-state index in [1.54, 1.807) is 0 Å². The third kappa shape index (κ3) is 4.77. The number of nitrogens with zero attached hydrogens (tertiary/aromatic N) is 2. The summed E-state index contributed by atoms with van der Waals surface area (Å²) in [5.41, 5.74) is 5.53. The highest BCUT2D eigenvalue weighted by Gasteiger charge is 2.08. The smallest absolute Gasteiger partial charge is 0.271 e. The number of hydrogen-bond acceptors (Lipinski definition) is 5. The van der Waals surface area contributed by atoms with Gasteiger partial charge in [-0.2, -0.15) is 0 Å². The molecule has 1 aromatic heterocycles. The molecule has 7 nitrogen and oxygen atoms in total. The molecule has 0 spiro atoms. The predicted molar refractivity (Wildman–Crippen MR) is 66.7 cm³/mol. The fourth-order valence-electron chi connectivity index (χ4n) is 1.24. The lowest BCUT2D eigenvalue weighted by molar-refractivity contribution is -0.121. The molecule has 4 N–H and O–H groups in total. The van der Waals surface area contributed by atoms with Crippen LogP contribution in [-0.2, 0) is 4.79 Å². The highest BCUT2D eigenvalue weighted by molar-refractivity contribution is 5.92. The monoisotopic (exact) mass is 251 g/mol. The summed E-state index contributed by atoms with van der Waals surface area (Å²) >= 11 is 0. The van der Waals surface area contributed by atoms with Crippen molar-refractivity contribution in [2.45, 2.75) is 26.3 Å². The molecule has 0 aromatic carbocycles. The molecule has 98 valence electrons. The van der Waals surface area contributed by atoms with E-state index in [9.17, 15) is 9.59 Å². The lowest BCUT2D eigenvalue weighted by Crippen LogP contribution is -2.34. The van der Waals surface area contributed by atoms with Crippen LogP contribution >= 0.6 is 0 Å². The second-order valence-corrected chi connectivity index (χ2v) is 4.07. The quantitative estimate of drug-likeness (QED) is 0.665. The number of carbonyl (C=O) groups excluding carboxylic acids is 2. The summed E-state index contributed by atoms with van der Waals surface area (Å²) < 4.78 is 0. The summed E-state index contributed by atoms with van der Waals surface area (Å²) in [7, 11) is 0. The molecule has 1 aromatic rings. The molecular weight excluding hydrogens is 234 g/mol. The second kappa shape index (κ2) is 6.53. The van der Waals surface area contributed by atoms with Crippen LogP contribution in [0.5, 0.6) is 0 Å². The molecule has 1 heterocycles. The molecule has 7 heteroatoms. The number of hydrogen-bond donors (Lipinski definition) is 3. The van der Waals surface area contributed by atoms with E-state index < -0.39 is 0 Å². The Morgan fingerprint density at radius 1 is 1.33 bits per heavy atom. The highest BCUT2D eigenvalue weighted by Crippen LogP contribution is 1.96. The van der Waals surface area contributed by atoms with E-state index >= 15 is 0 Å². The predicted octanol–water partition coefficient (Wildman–Crippen LogP) is -0.297. The van der Waals surface area contributed by atoms with Gasteiger partial charge in [-0.1, -0.05) is 0 Å². The SMILES string of the molecule is CC(C)NC(=O)CCNC(=O)c1ccc(N)nn1. The van der Waals surface area contributed by atoms with Gasteiger partial charge in [-0.3, -0.25) is 9.59 Å². The molecule has 18 heavy (non-hydrogen) atoms. The third-order valence-corrected chi connectivity index (χ3v) is 2.01. The largest absolute Gasteiger partial charge is 0.382 e. The van der Waals surface area contributed by atoms with E-state index in [2.05, 4.69) is 20.8 Å². The topological polar surface area (TPSA) is 110 Å². The molecule has 0 fully saturated rings. The molecule has 0 atom stereocenters. The van der Waals surface area contributed by atoms with Gasteiger partial charge in [0, 0.05) is 19.0 Å². The minimum Gasteiger partial charge on any atom is -0.382 e. The molecular formula is C11H17N5O2. The number of amides is 2. The van der Waals surface area contributed by atoms with Crippen molar-refractivity contribution in [3.63, 3.8) is 0 Å². The Balaban J connectivity index is 2.33. The number of nitrogens with two attached hydrogens (primary N) is 1. The first kappa shape index (κ1) is 13.9. The number of nitrogens with one attached hydrogen (secondary N) is 2. The van der Waals surface area contributed by atoms with Crippen molar-refractivity contribution in [1.82, 2.24) is 20.8 Å². The zero-order valence-corrected chi connectivity index (χ0v) is 10.4. The van der Waals surface area contributed by atoms with Gasteiger partial charge in [0.1, 0.15) is 5.82 Å². The third-order valence-electron chi connectivity index (χ3n) is 2.01. The molecule has 0 saturated heterocycles. The average molecular weight is 251 g/mol. The van der Waals surface area contributed by atoms with E-state index in [0.29, 0.717) is 0 Å². The molecule has 0 aliphatic heterocycles. The van der Waals surface area contributed by atoms with Crippen molar-refractivity contribution < 1.29 is 9.59 Å². The summed E-state index contributed by atoms with van der Waals surface area (Å²) in [5.74, 6) is -0.226. The van der Waals surface area contributed by atoms with Gasteiger partial charge in [-0.25, -0.2) is 0 Å². The van der Waals surface area contributed by atoms with Crippen molar-refractivity contribution in [1.29, 1.82) is 0 Å². The Labute approximate surface area is 105 Å². The van der Waals surface area contributed by atoms with Crippen molar-refractivity contribution in [2.75, 3.05) is 12.3 Å². The molecule has 0 aliphatic rings. The second-order valence-electron chi connectivity index (χ2n) is 4.07. The Morgan fingerprint density at radius 2 is 2.06 bits per heavy atom. The van der Waals surface area contributed by atoms with Gasteiger partial charge in [0.15, 0.2) is 5.69 Å². The molecule has 0 bridgehead atoms. The maximum atomic E-state index is 11.6. The van der Waals surface area contributed by atoms with Crippen LogP contribution in [0.3, 0.4) is 0 Å². The first-order valence-corrected chi connectivity index (χ1v) is 5.66. The zero-order chi connectivity index (χ0) is 13.5. The van der Waals surface area contributed by atoms with Crippen LogP contribution in [0.4, 0.5) is 5.82 Å². The Bertz CT molecular complexity index is 416. The van der Waals surface area contributed by atoms with E-state index in [4.69, 9.17) is 5.73 Å². The van der Waals surface area contributed by atoms with E-state index in [1.807, 2.05) is 13.8 Å². The maximum Gasteiger partial charge on any atom is 0.271 e. The van der Waals surface area contributed by atoms with Crippen LogP contribution in [0.2, 0.25) is 0 Å². The fraction of sp³-hybridized carbons (Fsp3) is 0.455. The van der Waals surface area contributed by atoms with Crippen molar-refractivity contribution in [3.05, 3.63) is 17.8 Å². The van der Waals surface area contributed by atoms with Crippen LogP contribution in [-0.4, -0.2) is 34.6 Å². The molecule has 0 radical (unpaired) electrons. The zero-order valence-electron chi connectivity index (χ0n) is 10.4. The summed E-state index contributed by atoms with van der Waals surface area (Å²) in [4.78, 5) is 22.9. The molecule has 0 unspecified atom stereocenters. The average Bonchev–Trinajstić information content (AvgIpc) is 2.28. The Morgan fingerprint density at radius 3 is 2.61 bits per heavy atom. The highest BCUT2D eigenvalue weighted by atomic mass is 16.2. The molecule has 2 amide bonds. The molecule has 0 aliphatic carbocycles. The molecule has 0 saturated carbocycles. The van der Waals surface area contributed by atoms with Crippen LogP contribution in [0.1, 0.15) is 30.8 Å². The summed E-state index contributed by atoms with van der Waals surface area (Å²) in [6, 6.07) is 3.07. The van der Waals surface area contributed by atoms with Gasteiger partial charge < -0.3 is 16.4 Å². The van der Waals surface area contributed by atoms with Gasteiger partial charge in [0.2, 0.25) is 5.91 Å². The van der Waals surface area contributed by atoms with Gasteiger partial charge in [0.05, 0.1) is 0 Å². The first-order chi connectivity index (χ1) is 8.49. The fourth-order valence-corrected chi connectivity index (χ4v) is 1.24. The van der Waals surface area contributed by atoms with Crippen LogP contribution in [0.15, 0.2) is 12.1 Å². The van der Waals surface area contributed by atoms with Crippen molar-refractivity contribution in [3.8, 4) is 0 Å². The van der Waals surface area contributed by atoms with E-state index in [0.717, 1.165) is 0 Å². The van der Waals surface area contributed by atoms with Crippen LogP contribution in [0, 0.1) is 0 Å². The Kier molecular flexibility index (Phi) is 5.04. The number of anilines is 1. The first-order valence-electron chi connectivity index (χ1n) is 5.66. The minimum atomic E-state index is -0.375. The van der Waals surface area contributed by atoms with Crippen LogP contribution < -0.4 is 16.4 Å². The number of rotatable bonds is 5. The van der Waals surface area contributed by atoms with Gasteiger partial charge in [0.25, 0.3) is 5.91 Å². The van der Waals surface area contributed by atoms with E-state index in [1.165, 1.54) is 12.1 Å². The lowest BCUT2D eigenvalue weighted by atomic mass is 10.3. The number of nitrogen functional groups attached to an aromatic ring is 1. The number of aromatic nitrogens is 2. The van der Waals surface area contributed by atoms with E-state index in [-0.39, 0.29) is 42.3 Å². The normalized spacial score (nSPS) is 10.2. The summed E-state index contributed by atoms with van der Waals surface area (Å²) in [6.45, 7) is 4.00. The standard InChI is InChI=1S/C11H17N5O2/c1-7(2)14-10(17)5-6-13-11(18)8-3-4-9(12)16-15-8/h3-4,7H,5-6H2,1-2H3,(H2,12,16)(H,13,18)(H,14,17). The van der Waals surface area contributed by atoms with Crippen molar-refractivity contribution >= 4 is 17.6 Å². The van der Waals surface area contributed by atoms with Crippen molar-refractivity contribution in [2.24, 2.45) is 0 Å². The van der Waals surface area contributed by atoms with Gasteiger partial charge in [-0.15, -0.1) is 10.2 Å². The Hall–Kier alpha value is -2.18. The molecule has 1 rings (SSSR count). The lowest BCUT2D eigenvalue weighted by Gasteiger charge is -2.08. The van der Waals surface area contributed by atoms with Gasteiger partial charge >= 0.3 is 0 Å². The summed E-state index contributed by atoms with van der Waals surface area (Å²) in [6.07, 6.45) is 0.228. The van der Waals surface area contributed by atoms with Gasteiger partial charge in [-0.05, 0) is 26.0 Å².